The van der Waals surface area contributed by atoms with Gasteiger partial charge in [0.05, 0.1) is 23.9 Å². The summed E-state index contributed by atoms with van der Waals surface area (Å²) in [5.74, 6) is 0.630. The zero-order chi connectivity index (χ0) is 18.7. The standard InChI is InChI=1S/C20H21N3O3/c1-20(2)16(13-22-8-10-24)19(23-9-4-3-5-18(23)25)15-11-14(12-21)6-7-17(15)26-20/h3-7,9,11,22,24H,8,10,13H2,1-2H3. The van der Waals surface area contributed by atoms with Crippen molar-refractivity contribution < 1.29 is 9.84 Å². The van der Waals surface area contributed by atoms with E-state index < -0.39 is 5.60 Å². The van der Waals surface area contributed by atoms with Gasteiger partial charge in [-0.05, 0) is 38.1 Å². The van der Waals surface area contributed by atoms with Gasteiger partial charge in [-0.3, -0.25) is 9.36 Å². The van der Waals surface area contributed by atoms with E-state index in [0.717, 1.165) is 5.57 Å². The predicted molar refractivity (Wildman–Crippen MR) is 98.8 cm³/mol. The number of aliphatic hydroxyl groups excluding tert-OH is 1. The van der Waals surface area contributed by atoms with E-state index >= 15 is 0 Å². The Bertz CT molecular complexity index is 951. The van der Waals surface area contributed by atoms with Crippen LogP contribution in [0.25, 0.3) is 5.70 Å². The summed E-state index contributed by atoms with van der Waals surface area (Å²) < 4.78 is 7.75. The first-order valence-corrected chi connectivity index (χ1v) is 8.44. The molecule has 134 valence electrons. The minimum atomic E-state index is -0.659. The predicted octanol–water partition coefficient (Wildman–Crippen LogP) is 1.73. The minimum absolute atomic E-state index is 0.0182. The third kappa shape index (κ3) is 3.27. The Morgan fingerprint density at radius 3 is 2.81 bits per heavy atom. The molecule has 2 heterocycles. The van der Waals surface area contributed by atoms with Crippen LogP contribution in [0.1, 0.15) is 25.0 Å². The van der Waals surface area contributed by atoms with Crippen molar-refractivity contribution in [2.24, 2.45) is 0 Å². The number of aromatic nitrogens is 1. The molecule has 1 aliphatic heterocycles. The van der Waals surface area contributed by atoms with Crippen molar-refractivity contribution in [1.82, 2.24) is 9.88 Å². The maximum absolute atomic E-state index is 12.5. The lowest BCUT2D eigenvalue weighted by molar-refractivity contribution is 0.140. The van der Waals surface area contributed by atoms with Crippen LogP contribution in [0.2, 0.25) is 0 Å². The molecule has 0 fully saturated rings. The maximum atomic E-state index is 12.5. The average Bonchev–Trinajstić information content (AvgIpc) is 2.62. The molecular formula is C20H21N3O3. The first-order chi connectivity index (χ1) is 12.5. The molecular weight excluding hydrogens is 330 g/mol. The normalized spacial score (nSPS) is 15.2. The van der Waals surface area contributed by atoms with E-state index in [9.17, 15) is 10.1 Å². The van der Waals surface area contributed by atoms with Gasteiger partial charge in [-0.25, -0.2) is 0 Å². The Labute approximate surface area is 152 Å². The highest BCUT2D eigenvalue weighted by Crippen LogP contribution is 2.41. The molecule has 0 spiro atoms. The molecule has 6 heteroatoms. The van der Waals surface area contributed by atoms with Crippen LogP contribution in [-0.2, 0) is 0 Å². The van der Waals surface area contributed by atoms with Crippen molar-refractivity contribution in [2.45, 2.75) is 19.4 Å². The molecule has 0 atom stereocenters. The SMILES string of the molecule is CC1(C)Oc2ccc(C#N)cc2C(n2ccccc2=O)=C1CNCCO. The fourth-order valence-electron chi connectivity index (χ4n) is 3.13. The minimum Gasteiger partial charge on any atom is -0.483 e. The van der Waals surface area contributed by atoms with Gasteiger partial charge in [-0.1, -0.05) is 6.07 Å². The monoisotopic (exact) mass is 351 g/mol. The number of nitrogens with one attached hydrogen (secondary N) is 1. The number of fused-ring (bicyclic) bond motifs is 1. The van der Waals surface area contributed by atoms with E-state index in [1.54, 1.807) is 41.1 Å². The van der Waals surface area contributed by atoms with Crippen molar-refractivity contribution in [2.75, 3.05) is 19.7 Å². The fourth-order valence-corrected chi connectivity index (χ4v) is 3.13. The first-order valence-electron chi connectivity index (χ1n) is 8.44. The Morgan fingerprint density at radius 2 is 2.12 bits per heavy atom. The number of nitrogens with zero attached hydrogens (tertiary/aromatic N) is 2. The summed E-state index contributed by atoms with van der Waals surface area (Å²) in [6.45, 7) is 4.78. The molecule has 2 aromatic rings. The van der Waals surface area contributed by atoms with E-state index in [1.807, 2.05) is 13.8 Å². The second-order valence-corrected chi connectivity index (χ2v) is 6.57. The second-order valence-electron chi connectivity index (χ2n) is 6.57. The van der Waals surface area contributed by atoms with Gasteiger partial charge < -0.3 is 15.2 Å². The van der Waals surface area contributed by atoms with Crippen molar-refractivity contribution in [3.05, 3.63) is 69.6 Å². The van der Waals surface area contributed by atoms with E-state index in [2.05, 4.69) is 11.4 Å². The van der Waals surface area contributed by atoms with Crippen molar-refractivity contribution in [1.29, 1.82) is 5.26 Å². The van der Waals surface area contributed by atoms with Crippen molar-refractivity contribution in [3.8, 4) is 11.8 Å². The van der Waals surface area contributed by atoms with Crippen LogP contribution in [0.15, 0.2) is 53.0 Å². The highest BCUT2D eigenvalue weighted by molar-refractivity contribution is 5.77. The number of rotatable bonds is 5. The van der Waals surface area contributed by atoms with E-state index in [1.165, 1.54) is 6.07 Å². The van der Waals surface area contributed by atoms with E-state index in [0.29, 0.717) is 35.7 Å². The molecule has 2 N–H and O–H groups in total. The zero-order valence-electron chi connectivity index (χ0n) is 14.8. The lowest BCUT2D eigenvalue weighted by Crippen LogP contribution is -2.41. The lowest BCUT2D eigenvalue weighted by Gasteiger charge is -2.37. The number of hydrogen-bond acceptors (Lipinski definition) is 5. The molecule has 1 aliphatic rings. The molecule has 0 saturated carbocycles. The Morgan fingerprint density at radius 1 is 1.31 bits per heavy atom. The summed E-state index contributed by atoms with van der Waals surface area (Å²) >= 11 is 0. The van der Waals surface area contributed by atoms with Crippen LogP contribution in [-0.4, -0.2) is 35.0 Å². The van der Waals surface area contributed by atoms with Crippen LogP contribution in [0.4, 0.5) is 0 Å². The molecule has 0 unspecified atom stereocenters. The lowest BCUT2D eigenvalue weighted by atomic mass is 9.88. The van der Waals surface area contributed by atoms with Crippen LogP contribution in [0.5, 0.6) is 5.75 Å². The number of pyridine rings is 1. The van der Waals surface area contributed by atoms with E-state index in [4.69, 9.17) is 9.84 Å². The number of nitriles is 1. The molecule has 1 aromatic carbocycles. The van der Waals surface area contributed by atoms with Gasteiger partial charge in [-0.2, -0.15) is 5.26 Å². The topological polar surface area (TPSA) is 87.3 Å². The van der Waals surface area contributed by atoms with Gasteiger partial charge in [0.2, 0.25) is 0 Å². The summed E-state index contributed by atoms with van der Waals surface area (Å²) in [7, 11) is 0. The Balaban J connectivity index is 2.29. The Hall–Kier alpha value is -2.88. The quantitative estimate of drug-likeness (QED) is 0.801. The highest BCUT2D eigenvalue weighted by atomic mass is 16.5. The number of ether oxygens (including phenoxy) is 1. The summed E-state index contributed by atoms with van der Waals surface area (Å²) in [5, 5.41) is 21.5. The van der Waals surface area contributed by atoms with Crippen LogP contribution in [0.3, 0.4) is 0 Å². The van der Waals surface area contributed by atoms with Gasteiger partial charge in [0.1, 0.15) is 11.4 Å². The number of hydrogen-bond donors (Lipinski definition) is 2. The van der Waals surface area contributed by atoms with Crippen LogP contribution < -0.4 is 15.6 Å². The van der Waals surface area contributed by atoms with Gasteiger partial charge in [0.25, 0.3) is 5.56 Å². The Kier molecular flexibility index (Phi) is 4.94. The summed E-state index contributed by atoms with van der Waals surface area (Å²) in [6.07, 6.45) is 1.72. The van der Waals surface area contributed by atoms with Gasteiger partial charge >= 0.3 is 0 Å². The molecule has 0 aliphatic carbocycles. The third-order valence-corrected chi connectivity index (χ3v) is 4.40. The summed E-state index contributed by atoms with van der Waals surface area (Å²) in [6, 6.07) is 12.3. The zero-order valence-corrected chi connectivity index (χ0v) is 14.8. The van der Waals surface area contributed by atoms with Crippen LogP contribution >= 0.6 is 0 Å². The smallest absolute Gasteiger partial charge is 0.255 e. The molecule has 0 amide bonds. The van der Waals surface area contributed by atoms with Crippen molar-refractivity contribution >= 4 is 5.70 Å². The molecule has 26 heavy (non-hydrogen) atoms. The van der Waals surface area contributed by atoms with Crippen molar-refractivity contribution in [3.63, 3.8) is 0 Å². The molecule has 6 nitrogen and oxygen atoms in total. The summed E-state index contributed by atoms with van der Waals surface area (Å²) in [5.41, 5.74) is 1.97. The van der Waals surface area contributed by atoms with Gasteiger partial charge in [0, 0.05) is 36.5 Å². The first kappa shape index (κ1) is 17.9. The molecule has 0 radical (unpaired) electrons. The molecule has 3 rings (SSSR count). The molecule has 0 bridgehead atoms. The number of aliphatic hydroxyl groups is 1. The molecule has 0 saturated heterocycles. The largest absolute Gasteiger partial charge is 0.483 e. The van der Waals surface area contributed by atoms with Gasteiger partial charge in [0.15, 0.2) is 0 Å². The third-order valence-electron chi connectivity index (χ3n) is 4.40. The highest BCUT2D eigenvalue weighted by Gasteiger charge is 2.35. The van der Waals surface area contributed by atoms with Gasteiger partial charge in [-0.15, -0.1) is 0 Å². The van der Waals surface area contributed by atoms with Crippen LogP contribution in [0, 0.1) is 11.3 Å². The fraction of sp³-hybridized carbons (Fsp3) is 0.300. The number of benzene rings is 1. The molecule has 1 aromatic heterocycles. The van der Waals surface area contributed by atoms with E-state index in [-0.39, 0.29) is 12.2 Å². The maximum Gasteiger partial charge on any atom is 0.255 e. The average molecular weight is 351 g/mol. The summed E-state index contributed by atoms with van der Waals surface area (Å²) in [4.78, 5) is 12.5. The second kappa shape index (κ2) is 7.16.